The third-order valence-electron chi connectivity index (χ3n) is 3.42. The third kappa shape index (κ3) is 5.74. The molecule has 0 spiro atoms. The van der Waals surface area contributed by atoms with Gasteiger partial charge in [0.2, 0.25) is 0 Å². The predicted octanol–water partition coefficient (Wildman–Crippen LogP) is 2.19. The number of nitrogens with one attached hydrogen (secondary N) is 2. The lowest BCUT2D eigenvalue weighted by Gasteiger charge is -2.10. The molecule has 0 unspecified atom stereocenters. The van der Waals surface area contributed by atoms with Gasteiger partial charge in [-0.2, -0.15) is 5.10 Å². The molecule has 2 N–H and O–H groups in total. The van der Waals surface area contributed by atoms with Gasteiger partial charge in [0.15, 0.2) is 11.5 Å². The fraction of sp³-hybridized carbons (Fsp3) is 0.211. The Bertz CT molecular complexity index is 819. The van der Waals surface area contributed by atoms with Gasteiger partial charge in [-0.05, 0) is 48.9 Å². The summed E-state index contributed by atoms with van der Waals surface area (Å²) in [4.78, 5) is 23.8. The zero-order valence-corrected chi connectivity index (χ0v) is 15.3. The maximum absolute atomic E-state index is 11.9. The highest BCUT2D eigenvalue weighted by molar-refractivity contribution is 6.39. The third-order valence-corrected chi connectivity index (χ3v) is 3.42. The van der Waals surface area contributed by atoms with Crippen LogP contribution in [0.15, 0.2) is 47.6 Å². The van der Waals surface area contributed by atoms with Crippen LogP contribution in [0.5, 0.6) is 17.2 Å². The SMILES string of the molecule is CCOc1ccc(/C=N\NC(=O)C(=O)Nc2ccc(OC)c(OC)c2)cc1. The monoisotopic (exact) mass is 371 g/mol. The molecular formula is C19H21N3O5. The molecule has 0 radical (unpaired) electrons. The minimum atomic E-state index is -0.896. The van der Waals surface area contributed by atoms with Crippen molar-refractivity contribution in [3.63, 3.8) is 0 Å². The summed E-state index contributed by atoms with van der Waals surface area (Å²) in [6.07, 6.45) is 1.43. The van der Waals surface area contributed by atoms with E-state index in [1.807, 2.05) is 6.92 Å². The second kappa shape index (κ2) is 9.81. The maximum Gasteiger partial charge on any atom is 0.329 e. The Labute approximate surface area is 157 Å². The van der Waals surface area contributed by atoms with E-state index in [0.29, 0.717) is 23.8 Å². The number of hydrogen-bond donors (Lipinski definition) is 2. The first-order chi connectivity index (χ1) is 13.1. The van der Waals surface area contributed by atoms with E-state index in [0.717, 1.165) is 11.3 Å². The van der Waals surface area contributed by atoms with Crippen LogP contribution in [0.1, 0.15) is 12.5 Å². The lowest BCUT2D eigenvalue weighted by atomic mass is 10.2. The molecule has 2 rings (SSSR count). The van der Waals surface area contributed by atoms with Crippen molar-refractivity contribution in [3.8, 4) is 17.2 Å². The smallest absolute Gasteiger partial charge is 0.329 e. The molecule has 0 atom stereocenters. The molecule has 142 valence electrons. The van der Waals surface area contributed by atoms with E-state index >= 15 is 0 Å². The highest BCUT2D eigenvalue weighted by Crippen LogP contribution is 2.29. The van der Waals surface area contributed by atoms with Crippen molar-refractivity contribution in [1.29, 1.82) is 0 Å². The maximum atomic E-state index is 11.9. The summed E-state index contributed by atoms with van der Waals surface area (Å²) >= 11 is 0. The van der Waals surface area contributed by atoms with Crippen molar-refractivity contribution in [2.45, 2.75) is 6.92 Å². The minimum absolute atomic E-state index is 0.392. The second-order valence-electron chi connectivity index (χ2n) is 5.23. The highest BCUT2D eigenvalue weighted by atomic mass is 16.5. The number of benzene rings is 2. The van der Waals surface area contributed by atoms with Gasteiger partial charge in [0.25, 0.3) is 0 Å². The van der Waals surface area contributed by atoms with Crippen molar-refractivity contribution in [3.05, 3.63) is 48.0 Å². The van der Waals surface area contributed by atoms with Crippen LogP contribution in [-0.4, -0.2) is 38.9 Å². The molecule has 8 heteroatoms. The summed E-state index contributed by atoms with van der Waals surface area (Å²) in [5.74, 6) is -0.0600. The van der Waals surface area contributed by atoms with Gasteiger partial charge in [0.1, 0.15) is 5.75 Å². The normalized spacial score (nSPS) is 10.3. The number of rotatable bonds is 7. The van der Waals surface area contributed by atoms with E-state index in [-0.39, 0.29) is 0 Å². The summed E-state index contributed by atoms with van der Waals surface area (Å²) < 4.78 is 15.6. The molecule has 0 aliphatic rings. The summed E-state index contributed by atoms with van der Waals surface area (Å²) in [6, 6.07) is 11.9. The Morgan fingerprint density at radius 3 is 2.33 bits per heavy atom. The average molecular weight is 371 g/mol. The first-order valence-electron chi connectivity index (χ1n) is 8.16. The van der Waals surface area contributed by atoms with Crippen LogP contribution in [0.25, 0.3) is 0 Å². The van der Waals surface area contributed by atoms with Crippen molar-refractivity contribution in [2.75, 3.05) is 26.1 Å². The number of nitrogens with zero attached hydrogens (tertiary/aromatic N) is 1. The van der Waals surface area contributed by atoms with Gasteiger partial charge in [-0.15, -0.1) is 0 Å². The molecule has 2 amide bonds. The molecular weight excluding hydrogens is 350 g/mol. The van der Waals surface area contributed by atoms with E-state index in [2.05, 4.69) is 15.8 Å². The van der Waals surface area contributed by atoms with E-state index in [1.54, 1.807) is 42.5 Å². The standard InChI is InChI=1S/C19H21N3O5/c1-4-27-15-8-5-13(6-9-15)12-20-22-19(24)18(23)21-14-7-10-16(25-2)17(11-14)26-3/h5-12H,4H2,1-3H3,(H,21,23)(H,22,24)/b20-12-. The Morgan fingerprint density at radius 2 is 1.70 bits per heavy atom. The van der Waals surface area contributed by atoms with Crippen LogP contribution in [0.3, 0.4) is 0 Å². The van der Waals surface area contributed by atoms with Crippen LogP contribution in [0.4, 0.5) is 5.69 Å². The summed E-state index contributed by atoms with van der Waals surface area (Å²) in [5.41, 5.74) is 3.31. The predicted molar refractivity (Wildman–Crippen MR) is 102 cm³/mol. The number of hydrazone groups is 1. The van der Waals surface area contributed by atoms with Crippen LogP contribution in [0.2, 0.25) is 0 Å². The zero-order chi connectivity index (χ0) is 19.6. The van der Waals surface area contributed by atoms with Crippen LogP contribution in [0, 0.1) is 0 Å². The molecule has 0 heterocycles. The summed E-state index contributed by atoms with van der Waals surface area (Å²) in [6.45, 7) is 2.48. The van der Waals surface area contributed by atoms with Crippen molar-refractivity contribution in [2.24, 2.45) is 5.10 Å². The van der Waals surface area contributed by atoms with E-state index in [4.69, 9.17) is 14.2 Å². The Kier molecular flexibility index (Phi) is 7.18. The number of carbonyl (C=O) groups is 2. The highest BCUT2D eigenvalue weighted by Gasteiger charge is 2.14. The van der Waals surface area contributed by atoms with Gasteiger partial charge in [-0.25, -0.2) is 5.43 Å². The topological polar surface area (TPSA) is 98.2 Å². The molecule has 0 aliphatic heterocycles. The number of amides is 2. The van der Waals surface area contributed by atoms with Crippen molar-refractivity contribution in [1.82, 2.24) is 5.43 Å². The largest absolute Gasteiger partial charge is 0.494 e. The van der Waals surface area contributed by atoms with Gasteiger partial charge in [-0.3, -0.25) is 9.59 Å². The van der Waals surface area contributed by atoms with Crippen LogP contribution in [-0.2, 0) is 9.59 Å². The van der Waals surface area contributed by atoms with E-state index < -0.39 is 11.8 Å². The molecule has 0 saturated heterocycles. The molecule has 0 aromatic heterocycles. The zero-order valence-electron chi connectivity index (χ0n) is 15.3. The van der Waals surface area contributed by atoms with Crippen molar-refractivity contribution < 1.29 is 23.8 Å². The molecule has 0 saturated carbocycles. The van der Waals surface area contributed by atoms with E-state index in [9.17, 15) is 9.59 Å². The molecule has 2 aromatic rings. The first-order valence-corrected chi connectivity index (χ1v) is 8.16. The molecule has 27 heavy (non-hydrogen) atoms. The quantitative estimate of drug-likeness (QED) is 0.442. The average Bonchev–Trinajstić information content (AvgIpc) is 2.69. The molecule has 0 aliphatic carbocycles. The minimum Gasteiger partial charge on any atom is -0.494 e. The number of carbonyl (C=O) groups excluding carboxylic acids is 2. The lowest BCUT2D eigenvalue weighted by Crippen LogP contribution is -2.32. The summed E-state index contributed by atoms with van der Waals surface area (Å²) in [7, 11) is 2.98. The Morgan fingerprint density at radius 1 is 1.00 bits per heavy atom. The summed E-state index contributed by atoms with van der Waals surface area (Å²) in [5, 5.41) is 6.23. The molecule has 8 nitrogen and oxygen atoms in total. The Hall–Kier alpha value is -3.55. The van der Waals surface area contributed by atoms with Gasteiger partial charge in [0, 0.05) is 11.8 Å². The van der Waals surface area contributed by atoms with Gasteiger partial charge in [0.05, 0.1) is 27.0 Å². The Balaban J connectivity index is 1.90. The number of anilines is 1. The van der Waals surface area contributed by atoms with Crippen LogP contribution >= 0.6 is 0 Å². The van der Waals surface area contributed by atoms with Crippen molar-refractivity contribution >= 4 is 23.7 Å². The van der Waals surface area contributed by atoms with Gasteiger partial charge < -0.3 is 19.5 Å². The molecule has 0 fully saturated rings. The van der Waals surface area contributed by atoms with Gasteiger partial charge >= 0.3 is 11.8 Å². The number of ether oxygens (including phenoxy) is 3. The first kappa shape index (κ1) is 19.8. The number of hydrogen-bond acceptors (Lipinski definition) is 6. The molecule has 2 aromatic carbocycles. The van der Waals surface area contributed by atoms with Crippen LogP contribution < -0.4 is 25.0 Å². The molecule has 0 bridgehead atoms. The van der Waals surface area contributed by atoms with E-state index in [1.165, 1.54) is 20.4 Å². The lowest BCUT2D eigenvalue weighted by molar-refractivity contribution is -0.136. The fourth-order valence-corrected chi connectivity index (χ4v) is 2.13. The number of methoxy groups -OCH3 is 2. The second-order valence-corrected chi connectivity index (χ2v) is 5.23. The van der Waals surface area contributed by atoms with Gasteiger partial charge in [-0.1, -0.05) is 0 Å². The fourth-order valence-electron chi connectivity index (χ4n) is 2.13.